The zero-order valence-corrected chi connectivity index (χ0v) is 15.1. The first-order valence-electron chi connectivity index (χ1n) is 7.51. The van der Waals surface area contributed by atoms with Crippen molar-refractivity contribution in [3.63, 3.8) is 0 Å². The molecule has 2 rings (SSSR count). The quantitative estimate of drug-likeness (QED) is 0.722. The minimum absolute atomic E-state index is 0.0194. The molecule has 0 bridgehead atoms. The minimum atomic E-state index is -0.648. The maximum Gasteiger partial charge on any atom is 0.414 e. The Morgan fingerprint density at radius 3 is 2.61 bits per heavy atom. The van der Waals surface area contributed by atoms with E-state index >= 15 is 0 Å². The third-order valence-electron chi connectivity index (χ3n) is 3.71. The summed E-state index contributed by atoms with van der Waals surface area (Å²) >= 11 is 3.29. The Hall–Kier alpha value is -1.47. The number of halogens is 1. The van der Waals surface area contributed by atoms with Crippen LogP contribution in [0, 0.1) is 0 Å². The molecule has 0 spiro atoms. The standard InChI is InChI=1S/C16H22BrNO5/c1-16(2,3)23-15(22)18-6-4-9(5-7-19)12-10(20)8-11(21)13(17)14(12)18/h8-9,19-21H,4-7H2,1-3H3/t9-/m0/s1. The highest BCUT2D eigenvalue weighted by atomic mass is 79.9. The molecule has 1 atom stereocenters. The summed E-state index contributed by atoms with van der Waals surface area (Å²) in [5.74, 6) is -0.336. The van der Waals surface area contributed by atoms with Crippen LogP contribution in [0.4, 0.5) is 10.5 Å². The number of rotatable bonds is 2. The Morgan fingerprint density at radius 1 is 1.39 bits per heavy atom. The van der Waals surface area contributed by atoms with Gasteiger partial charge in [0, 0.05) is 24.8 Å². The molecule has 7 heteroatoms. The number of benzene rings is 1. The molecule has 6 nitrogen and oxygen atoms in total. The number of nitrogens with zero attached hydrogens (tertiary/aromatic N) is 1. The molecular formula is C16H22BrNO5. The Balaban J connectivity index is 2.51. The average Bonchev–Trinajstić information content (AvgIpc) is 2.42. The van der Waals surface area contributed by atoms with E-state index in [0.717, 1.165) is 0 Å². The summed E-state index contributed by atoms with van der Waals surface area (Å²) in [6.07, 6.45) is 0.532. The van der Waals surface area contributed by atoms with Crippen LogP contribution in [0.2, 0.25) is 0 Å². The van der Waals surface area contributed by atoms with Crippen molar-refractivity contribution in [3.05, 3.63) is 16.1 Å². The number of amides is 1. The molecule has 23 heavy (non-hydrogen) atoms. The predicted molar refractivity (Wildman–Crippen MR) is 90.1 cm³/mol. The molecule has 0 saturated carbocycles. The molecule has 1 aliphatic heterocycles. The van der Waals surface area contributed by atoms with Gasteiger partial charge < -0.3 is 20.1 Å². The van der Waals surface area contributed by atoms with E-state index in [2.05, 4.69) is 15.9 Å². The second kappa shape index (κ2) is 6.57. The van der Waals surface area contributed by atoms with Crippen LogP contribution in [0.15, 0.2) is 10.5 Å². The van der Waals surface area contributed by atoms with Gasteiger partial charge in [-0.25, -0.2) is 4.79 Å². The lowest BCUT2D eigenvalue weighted by molar-refractivity contribution is 0.0576. The molecule has 0 fully saturated rings. The van der Waals surface area contributed by atoms with Gasteiger partial charge in [-0.3, -0.25) is 4.90 Å². The SMILES string of the molecule is CC(C)(C)OC(=O)N1CC[C@@H](CCO)c2c(O)cc(O)c(Br)c21. The number of ether oxygens (including phenoxy) is 1. The van der Waals surface area contributed by atoms with E-state index in [-0.39, 0.29) is 24.0 Å². The largest absolute Gasteiger partial charge is 0.507 e. The van der Waals surface area contributed by atoms with Gasteiger partial charge in [-0.2, -0.15) is 0 Å². The van der Waals surface area contributed by atoms with E-state index in [1.165, 1.54) is 11.0 Å². The molecule has 1 aliphatic rings. The topological polar surface area (TPSA) is 90.2 Å². The third-order valence-corrected chi connectivity index (χ3v) is 4.49. The Labute approximate surface area is 143 Å². The molecular weight excluding hydrogens is 366 g/mol. The molecule has 0 unspecified atom stereocenters. The molecule has 1 amide bonds. The highest BCUT2D eigenvalue weighted by Gasteiger charge is 2.35. The van der Waals surface area contributed by atoms with Gasteiger partial charge >= 0.3 is 6.09 Å². The van der Waals surface area contributed by atoms with Gasteiger partial charge in [0.2, 0.25) is 0 Å². The van der Waals surface area contributed by atoms with Crippen LogP contribution in [0.25, 0.3) is 0 Å². The van der Waals surface area contributed by atoms with Crippen LogP contribution in [-0.4, -0.2) is 40.2 Å². The first-order valence-corrected chi connectivity index (χ1v) is 8.30. The van der Waals surface area contributed by atoms with Crippen molar-refractivity contribution in [1.82, 2.24) is 0 Å². The monoisotopic (exact) mass is 387 g/mol. The minimum Gasteiger partial charge on any atom is -0.507 e. The summed E-state index contributed by atoms with van der Waals surface area (Å²) in [4.78, 5) is 13.9. The smallest absolute Gasteiger partial charge is 0.414 e. The van der Waals surface area contributed by atoms with Gasteiger partial charge in [0.15, 0.2) is 0 Å². The lowest BCUT2D eigenvalue weighted by Crippen LogP contribution is -2.41. The lowest BCUT2D eigenvalue weighted by atomic mass is 9.87. The average molecular weight is 388 g/mol. The molecule has 0 radical (unpaired) electrons. The van der Waals surface area contributed by atoms with Crippen molar-refractivity contribution in [2.24, 2.45) is 0 Å². The number of anilines is 1. The second-order valence-corrected chi connectivity index (χ2v) is 7.41. The number of aromatic hydroxyl groups is 2. The maximum absolute atomic E-state index is 12.5. The maximum atomic E-state index is 12.5. The van der Waals surface area contributed by atoms with E-state index in [1.54, 1.807) is 20.8 Å². The zero-order valence-electron chi connectivity index (χ0n) is 13.5. The number of aliphatic hydroxyl groups excluding tert-OH is 1. The van der Waals surface area contributed by atoms with Crippen LogP contribution in [0.3, 0.4) is 0 Å². The number of carbonyl (C=O) groups is 1. The van der Waals surface area contributed by atoms with Crippen molar-refractivity contribution in [3.8, 4) is 11.5 Å². The van der Waals surface area contributed by atoms with Crippen LogP contribution < -0.4 is 4.90 Å². The molecule has 128 valence electrons. The normalized spacial score (nSPS) is 17.8. The summed E-state index contributed by atoms with van der Waals surface area (Å²) in [6, 6.07) is 1.24. The lowest BCUT2D eigenvalue weighted by Gasteiger charge is -2.36. The van der Waals surface area contributed by atoms with Gasteiger partial charge in [-0.05, 0) is 55.5 Å². The second-order valence-electron chi connectivity index (χ2n) is 6.62. The first kappa shape index (κ1) is 17.9. The van der Waals surface area contributed by atoms with Crippen LogP contribution in [0.1, 0.15) is 45.1 Å². The third kappa shape index (κ3) is 3.72. The van der Waals surface area contributed by atoms with Gasteiger partial charge in [-0.1, -0.05) is 0 Å². The number of carbonyl (C=O) groups excluding carboxylic acids is 1. The Morgan fingerprint density at radius 2 is 2.04 bits per heavy atom. The fraction of sp³-hybridized carbons (Fsp3) is 0.562. The summed E-state index contributed by atoms with van der Waals surface area (Å²) in [5.41, 5.74) is 0.298. The summed E-state index contributed by atoms with van der Waals surface area (Å²) in [6.45, 7) is 5.69. The van der Waals surface area contributed by atoms with E-state index in [1.807, 2.05) is 0 Å². The molecule has 3 N–H and O–H groups in total. The molecule has 1 aromatic carbocycles. The van der Waals surface area contributed by atoms with Gasteiger partial charge in [0.05, 0.1) is 10.2 Å². The number of aliphatic hydroxyl groups is 1. The fourth-order valence-electron chi connectivity index (χ4n) is 2.78. The molecule has 0 aliphatic carbocycles. The van der Waals surface area contributed by atoms with E-state index in [9.17, 15) is 20.1 Å². The fourth-order valence-corrected chi connectivity index (χ4v) is 3.33. The van der Waals surface area contributed by atoms with Crippen LogP contribution >= 0.6 is 15.9 Å². The summed E-state index contributed by atoms with van der Waals surface area (Å²) < 4.78 is 5.75. The summed E-state index contributed by atoms with van der Waals surface area (Å²) in [7, 11) is 0. The number of fused-ring (bicyclic) bond motifs is 1. The van der Waals surface area contributed by atoms with E-state index in [0.29, 0.717) is 35.1 Å². The van der Waals surface area contributed by atoms with Crippen molar-refractivity contribution < 1.29 is 24.9 Å². The molecule has 1 heterocycles. The van der Waals surface area contributed by atoms with Gasteiger partial charge in [0.1, 0.15) is 17.1 Å². The van der Waals surface area contributed by atoms with E-state index in [4.69, 9.17) is 4.74 Å². The number of hydrogen-bond donors (Lipinski definition) is 3. The summed E-state index contributed by atoms with van der Waals surface area (Å²) in [5, 5.41) is 29.5. The molecule has 0 aromatic heterocycles. The van der Waals surface area contributed by atoms with Crippen molar-refractivity contribution in [2.75, 3.05) is 18.1 Å². The van der Waals surface area contributed by atoms with Crippen LogP contribution in [0.5, 0.6) is 11.5 Å². The van der Waals surface area contributed by atoms with Crippen molar-refractivity contribution >= 4 is 27.7 Å². The number of phenolic OH excluding ortho intramolecular Hbond substituents is 2. The Kier molecular flexibility index (Phi) is 5.10. The highest BCUT2D eigenvalue weighted by molar-refractivity contribution is 9.10. The Bertz CT molecular complexity index is 611. The van der Waals surface area contributed by atoms with E-state index < -0.39 is 11.7 Å². The molecule has 1 aromatic rings. The van der Waals surface area contributed by atoms with Crippen LogP contribution in [-0.2, 0) is 4.74 Å². The first-order chi connectivity index (χ1) is 10.7. The number of phenols is 2. The molecule has 0 saturated heterocycles. The van der Waals surface area contributed by atoms with Crippen molar-refractivity contribution in [2.45, 2.75) is 45.1 Å². The highest BCUT2D eigenvalue weighted by Crippen LogP contribution is 2.50. The number of hydrogen-bond acceptors (Lipinski definition) is 5. The van der Waals surface area contributed by atoms with Gasteiger partial charge in [0.25, 0.3) is 0 Å². The van der Waals surface area contributed by atoms with Gasteiger partial charge in [-0.15, -0.1) is 0 Å². The predicted octanol–water partition coefficient (Wildman–Crippen LogP) is 3.47. The zero-order chi connectivity index (χ0) is 17.4. The van der Waals surface area contributed by atoms with Crippen molar-refractivity contribution in [1.29, 1.82) is 0 Å².